The van der Waals surface area contributed by atoms with Gasteiger partial charge in [0.15, 0.2) is 6.61 Å². The Kier molecular flexibility index (Phi) is 5.61. The molecule has 3 amide bonds. The summed E-state index contributed by atoms with van der Waals surface area (Å²) in [6.07, 6.45) is 1.59. The van der Waals surface area contributed by atoms with Gasteiger partial charge in [-0.2, -0.15) is 0 Å². The van der Waals surface area contributed by atoms with Crippen molar-refractivity contribution in [2.45, 2.75) is 13.5 Å². The van der Waals surface area contributed by atoms with E-state index in [4.69, 9.17) is 10.5 Å². The molecule has 0 unspecified atom stereocenters. The SMILES string of the molecule is Cc1ccc(CN2C(=O)SC(=Cc3ccccc3OCC(N)=O)C2=O)cc1. The third-order valence-electron chi connectivity index (χ3n) is 3.91. The molecule has 0 atom stereocenters. The van der Waals surface area contributed by atoms with Crippen LogP contribution in [0.2, 0.25) is 0 Å². The maximum absolute atomic E-state index is 12.7. The number of nitrogens with zero attached hydrogens (tertiary/aromatic N) is 1. The lowest BCUT2D eigenvalue weighted by Gasteiger charge is -2.12. The molecule has 0 bridgehead atoms. The highest BCUT2D eigenvalue weighted by Gasteiger charge is 2.35. The van der Waals surface area contributed by atoms with Crippen LogP contribution in [0.5, 0.6) is 5.75 Å². The summed E-state index contributed by atoms with van der Waals surface area (Å²) in [5.41, 5.74) is 7.70. The van der Waals surface area contributed by atoms with Crippen LogP contribution in [0, 0.1) is 6.92 Å². The molecular weight excluding hydrogens is 364 g/mol. The summed E-state index contributed by atoms with van der Waals surface area (Å²) in [5, 5.41) is -0.317. The molecule has 3 rings (SSSR count). The minimum absolute atomic E-state index is 0.224. The van der Waals surface area contributed by atoms with Crippen LogP contribution in [0.15, 0.2) is 53.4 Å². The molecule has 1 aliphatic rings. The summed E-state index contributed by atoms with van der Waals surface area (Å²) in [5.74, 6) is -0.528. The maximum Gasteiger partial charge on any atom is 0.293 e. The standard InChI is InChI=1S/C20H18N2O4S/c1-13-6-8-14(9-7-13)11-22-19(24)17(27-20(22)25)10-15-4-2-3-5-16(15)26-12-18(21)23/h2-10H,11-12H2,1H3,(H2,21,23). The summed E-state index contributed by atoms with van der Waals surface area (Å²) < 4.78 is 5.37. The van der Waals surface area contributed by atoms with Gasteiger partial charge in [0.05, 0.1) is 11.4 Å². The van der Waals surface area contributed by atoms with Gasteiger partial charge in [-0.3, -0.25) is 19.3 Å². The van der Waals surface area contributed by atoms with Crippen LogP contribution in [0.3, 0.4) is 0 Å². The Labute approximate surface area is 161 Å². The zero-order valence-electron chi connectivity index (χ0n) is 14.7. The molecule has 0 saturated carbocycles. The van der Waals surface area contributed by atoms with Gasteiger partial charge in [0, 0.05) is 5.56 Å². The van der Waals surface area contributed by atoms with Crippen molar-refractivity contribution in [2.24, 2.45) is 5.73 Å². The van der Waals surface area contributed by atoms with Crippen LogP contribution < -0.4 is 10.5 Å². The average Bonchev–Trinajstić information content (AvgIpc) is 2.90. The first-order chi connectivity index (χ1) is 12.9. The summed E-state index contributed by atoms with van der Waals surface area (Å²) in [4.78, 5) is 37.4. The number of para-hydroxylation sites is 1. The molecule has 6 nitrogen and oxygen atoms in total. The number of imide groups is 1. The number of aryl methyl sites for hydroxylation is 1. The van der Waals surface area contributed by atoms with Gasteiger partial charge in [-0.1, -0.05) is 48.0 Å². The molecule has 1 heterocycles. The number of primary amides is 1. The topological polar surface area (TPSA) is 89.7 Å². The number of nitrogens with two attached hydrogens (primary N) is 1. The predicted octanol–water partition coefficient (Wildman–Crippen LogP) is 3.10. The van der Waals surface area contributed by atoms with Gasteiger partial charge in [-0.05, 0) is 36.4 Å². The summed E-state index contributed by atoms with van der Waals surface area (Å²) in [6, 6.07) is 14.6. The molecule has 2 aromatic carbocycles. The quantitative estimate of drug-likeness (QED) is 0.776. The van der Waals surface area contributed by atoms with Crippen LogP contribution in [-0.4, -0.2) is 28.6 Å². The van der Waals surface area contributed by atoms with Crippen molar-refractivity contribution in [3.63, 3.8) is 0 Å². The molecule has 0 aliphatic carbocycles. The lowest BCUT2D eigenvalue weighted by molar-refractivity contribution is -0.123. The Bertz CT molecular complexity index is 922. The Morgan fingerprint density at radius 2 is 1.85 bits per heavy atom. The second-order valence-electron chi connectivity index (χ2n) is 6.05. The summed E-state index contributed by atoms with van der Waals surface area (Å²) in [7, 11) is 0. The number of carbonyl (C=O) groups excluding carboxylic acids is 3. The smallest absolute Gasteiger partial charge is 0.293 e. The minimum atomic E-state index is -0.594. The fourth-order valence-corrected chi connectivity index (χ4v) is 3.36. The van der Waals surface area contributed by atoms with Crippen molar-refractivity contribution in [3.05, 3.63) is 70.1 Å². The molecule has 0 aromatic heterocycles. The van der Waals surface area contributed by atoms with Gasteiger partial charge in [0.2, 0.25) is 0 Å². The monoisotopic (exact) mass is 382 g/mol. The average molecular weight is 382 g/mol. The Morgan fingerprint density at radius 1 is 1.15 bits per heavy atom. The molecule has 2 aromatic rings. The van der Waals surface area contributed by atoms with E-state index in [1.165, 1.54) is 4.90 Å². The fourth-order valence-electron chi connectivity index (χ4n) is 2.53. The highest BCUT2D eigenvalue weighted by Crippen LogP contribution is 2.34. The zero-order valence-corrected chi connectivity index (χ0v) is 15.5. The van der Waals surface area contributed by atoms with E-state index in [0.717, 1.165) is 22.9 Å². The second kappa shape index (κ2) is 8.09. The largest absolute Gasteiger partial charge is 0.483 e. The first kappa shape index (κ1) is 18.7. The predicted molar refractivity (Wildman–Crippen MR) is 104 cm³/mol. The number of hydrogen-bond acceptors (Lipinski definition) is 5. The first-order valence-corrected chi connectivity index (χ1v) is 9.07. The van der Waals surface area contributed by atoms with Crippen LogP contribution in [0.1, 0.15) is 16.7 Å². The van der Waals surface area contributed by atoms with Crippen molar-refractivity contribution in [1.82, 2.24) is 4.90 Å². The summed E-state index contributed by atoms with van der Waals surface area (Å²) >= 11 is 0.883. The Morgan fingerprint density at radius 3 is 2.56 bits per heavy atom. The van der Waals surface area contributed by atoms with Gasteiger partial charge in [-0.15, -0.1) is 0 Å². The number of amides is 3. The van der Waals surface area contributed by atoms with Gasteiger partial charge >= 0.3 is 0 Å². The van der Waals surface area contributed by atoms with E-state index in [-0.39, 0.29) is 24.3 Å². The number of thioether (sulfide) groups is 1. The minimum Gasteiger partial charge on any atom is -0.483 e. The Balaban J connectivity index is 1.80. The molecule has 138 valence electrons. The number of ether oxygens (including phenoxy) is 1. The third kappa shape index (κ3) is 4.57. The van der Waals surface area contributed by atoms with E-state index >= 15 is 0 Å². The molecule has 7 heteroatoms. The van der Waals surface area contributed by atoms with Gasteiger partial charge in [0.1, 0.15) is 5.75 Å². The van der Waals surface area contributed by atoms with Crippen LogP contribution in [0.4, 0.5) is 4.79 Å². The lowest BCUT2D eigenvalue weighted by Crippen LogP contribution is -2.27. The normalized spacial score (nSPS) is 15.4. The molecule has 0 spiro atoms. The van der Waals surface area contributed by atoms with E-state index in [2.05, 4.69) is 0 Å². The van der Waals surface area contributed by atoms with Crippen LogP contribution in [-0.2, 0) is 16.1 Å². The molecule has 27 heavy (non-hydrogen) atoms. The van der Waals surface area contributed by atoms with Crippen LogP contribution in [0.25, 0.3) is 6.08 Å². The van der Waals surface area contributed by atoms with Crippen molar-refractivity contribution in [1.29, 1.82) is 0 Å². The second-order valence-corrected chi connectivity index (χ2v) is 7.04. The van der Waals surface area contributed by atoms with E-state index in [9.17, 15) is 14.4 Å². The molecule has 1 saturated heterocycles. The van der Waals surface area contributed by atoms with Gasteiger partial charge in [0.25, 0.3) is 17.1 Å². The van der Waals surface area contributed by atoms with Gasteiger partial charge in [-0.25, -0.2) is 0 Å². The van der Waals surface area contributed by atoms with Crippen molar-refractivity contribution >= 4 is 34.9 Å². The van der Waals surface area contributed by atoms with Crippen LogP contribution >= 0.6 is 11.8 Å². The number of benzene rings is 2. The van der Waals surface area contributed by atoms with Crippen molar-refractivity contribution in [3.8, 4) is 5.75 Å². The fraction of sp³-hybridized carbons (Fsp3) is 0.150. The molecular formula is C20H18N2O4S. The maximum atomic E-state index is 12.7. The highest BCUT2D eigenvalue weighted by atomic mass is 32.2. The molecule has 1 aliphatic heterocycles. The van der Waals surface area contributed by atoms with E-state index in [0.29, 0.717) is 16.2 Å². The van der Waals surface area contributed by atoms with Crippen molar-refractivity contribution in [2.75, 3.05) is 6.61 Å². The third-order valence-corrected chi connectivity index (χ3v) is 4.82. The highest BCUT2D eigenvalue weighted by molar-refractivity contribution is 8.18. The molecule has 1 fully saturated rings. The summed E-state index contributed by atoms with van der Waals surface area (Å²) in [6.45, 7) is 1.94. The number of rotatable bonds is 6. The zero-order chi connectivity index (χ0) is 19.4. The van der Waals surface area contributed by atoms with E-state index < -0.39 is 5.91 Å². The Hall–Kier alpha value is -3.06. The first-order valence-electron chi connectivity index (χ1n) is 8.25. The van der Waals surface area contributed by atoms with E-state index in [1.807, 2.05) is 31.2 Å². The lowest BCUT2D eigenvalue weighted by atomic mass is 10.1. The van der Waals surface area contributed by atoms with Gasteiger partial charge < -0.3 is 10.5 Å². The number of carbonyl (C=O) groups is 3. The molecule has 2 N–H and O–H groups in total. The molecule has 0 radical (unpaired) electrons. The van der Waals surface area contributed by atoms with E-state index in [1.54, 1.807) is 30.3 Å². The van der Waals surface area contributed by atoms with Crippen molar-refractivity contribution < 1.29 is 19.1 Å². The number of hydrogen-bond donors (Lipinski definition) is 1.